The number of carbonyl (C=O) groups excluding carboxylic acids is 1. The Balaban J connectivity index is 0.00000176. The van der Waals surface area contributed by atoms with E-state index in [-0.39, 0.29) is 24.4 Å². The van der Waals surface area contributed by atoms with Gasteiger partial charge in [0.25, 0.3) is 0 Å². The van der Waals surface area contributed by atoms with Crippen LogP contribution in [-0.4, -0.2) is 43.3 Å². The van der Waals surface area contributed by atoms with Gasteiger partial charge in [0, 0.05) is 6.54 Å². The first-order chi connectivity index (χ1) is 10.3. The third-order valence-electron chi connectivity index (χ3n) is 3.14. The van der Waals surface area contributed by atoms with Crippen molar-refractivity contribution >= 4 is 45.0 Å². The van der Waals surface area contributed by atoms with Crippen LogP contribution in [0.25, 0.3) is 10.2 Å². The third-order valence-corrected chi connectivity index (χ3v) is 4.07. The first-order valence-corrected chi connectivity index (χ1v) is 7.73. The zero-order chi connectivity index (χ0) is 14.7. The number of carbonyl (C=O) groups is 1. The minimum Gasteiger partial charge on any atom is -0.494 e. The van der Waals surface area contributed by atoms with Crippen molar-refractivity contribution in [1.29, 1.82) is 0 Å². The number of thiazole rings is 1. The minimum atomic E-state index is -0.315. The number of morpholine rings is 1. The lowest BCUT2D eigenvalue weighted by Crippen LogP contribution is -2.48. The Labute approximate surface area is 138 Å². The van der Waals surface area contributed by atoms with Crippen LogP contribution in [0.3, 0.4) is 0 Å². The van der Waals surface area contributed by atoms with Gasteiger partial charge in [-0.25, -0.2) is 4.98 Å². The van der Waals surface area contributed by atoms with Gasteiger partial charge in [0.2, 0.25) is 5.91 Å². The Morgan fingerprint density at radius 1 is 1.59 bits per heavy atom. The van der Waals surface area contributed by atoms with Crippen LogP contribution in [0.1, 0.15) is 6.92 Å². The summed E-state index contributed by atoms with van der Waals surface area (Å²) in [4.78, 5) is 16.5. The Morgan fingerprint density at radius 3 is 3.18 bits per heavy atom. The molecule has 2 aromatic rings. The van der Waals surface area contributed by atoms with Crippen molar-refractivity contribution in [2.45, 2.75) is 13.0 Å². The maximum Gasteiger partial charge on any atom is 0.245 e. The van der Waals surface area contributed by atoms with Crippen molar-refractivity contribution in [3.05, 3.63) is 18.2 Å². The van der Waals surface area contributed by atoms with Crippen molar-refractivity contribution in [2.75, 3.05) is 31.7 Å². The van der Waals surface area contributed by atoms with Crippen molar-refractivity contribution in [1.82, 2.24) is 10.3 Å². The maximum atomic E-state index is 12.1. The van der Waals surface area contributed by atoms with Gasteiger partial charge in [0.05, 0.1) is 30.0 Å². The number of nitrogens with zero attached hydrogens (tertiary/aromatic N) is 1. The van der Waals surface area contributed by atoms with Gasteiger partial charge in [-0.2, -0.15) is 0 Å². The number of nitrogens with one attached hydrogen (secondary N) is 2. The number of halogens is 1. The summed E-state index contributed by atoms with van der Waals surface area (Å²) in [5, 5.41) is 6.55. The second-order valence-corrected chi connectivity index (χ2v) is 5.68. The molecule has 1 unspecified atom stereocenters. The molecule has 120 valence electrons. The molecular formula is C14H18ClN3O3S. The van der Waals surface area contributed by atoms with Crippen LogP contribution in [0.4, 0.5) is 5.13 Å². The Kier molecular flexibility index (Phi) is 5.96. The predicted octanol–water partition coefficient (Wildman–Crippen LogP) is 2.04. The van der Waals surface area contributed by atoms with Crippen LogP contribution in [0.5, 0.6) is 5.75 Å². The van der Waals surface area contributed by atoms with E-state index < -0.39 is 0 Å². The first-order valence-electron chi connectivity index (χ1n) is 6.91. The number of anilines is 1. The van der Waals surface area contributed by atoms with E-state index >= 15 is 0 Å². The highest BCUT2D eigenvalue weighted by atomic mass is 35.5. The summed E-state index contributed by atoms with van der Waals surface area (Å²) in [5.74, 6) is 0.702. The van der Waals surface area contributed by atoms with E-state index in [1.54, 1.807) is 0 Å². The molecule has 0 aliphatic carbocycles. The number of hydrogen-bond acceptors (Lipinski definition) is 6. The Morgan fingerprint density at radius 2 is 2.45 bits per heavy atom. The third kappa shape index (κ3) is 3.86. The predicted molar refractivity (Wildman–Crippen MR) is 89.3 cm³/mol. The largest absolute Gasteiger partial charge is 0.494 e. The molecule has 0 spiro atoms. The van der Waals surface area contributed by atoms with Crippen LogP contribution in [-0.2, 0) is 9.53 Å². The molecule has 1 aliphatic heterocycles. The van der Waals surface area contributed by atoms with Crippen LogP contribution >= 0.6 is 23.7 Å². The van der Waals surface area contributed by atoms with E-state index in [0.717, 1.165) is 16.0 Å². The summed E-state index contributed by atoms with van der Waals surface area (Å²) < 4.78 is 11.7. The van der Waals surface area contributed by atoms with Gasteiger partial charge in [-0.05, 0) is 25.1 Å². The van der Waals surface area contributed by atoms with Crippen LogP contribution in [0, 0.1) is 0 Å². The fraction of sp³-hybridized carbons (Fsp3) is 0.429. The molecule has 0 saturated carbocycles. The molecule has 1 fully saturated rings. The molecule has 1 amide bonds. The summed E-state index contributed by atoms with van der Waals surface area (Å²) in [5.41, 5.74) is 0.853. The Bertz CT molecular complexity index is 643. The van der Waals surface area contributed by atoms with Gasteiger partial charge in [-0.3, -0.25) is 4.79 Å². The van der Waals surface area contributed by atoms with Gasteiger partial charge < -0.3 is 20.1 Å². The molecule has 1 saturated heterocycles. The fourth-order valence-corrected chi connectivity index (χ4v) is 3.04. The number of ether oxygens (including phenoxy) is 2. The monoisotopic (exact) mass is 343 g/mol. The summed E-state index contributed by atoms with van der Waals surface area (Å²) >= 11 is 1.44. The average Bonchev–Trinajstić information content (AvgIpc) is 2.90. The first kappa shape index (κ1) is 17.0. The molecule has 2 N–H and O–H groups in total. The molecule has 1 aromatic carbocycles. The average molecular weight is 344 g/mol. The molecule has 6 nitrogen and oxygen atoms in total. The van der Waals surface area contributed by atoms with E-state index in [0.29, 0.717) is 31.5 Å². The van der Waals surface area contributed by atoms with E-state index in [9.17, 15) is 4.79 Å². The topological polar surface area (TPSA) is 72.5 Å². The molecule has 2 heterocycles. The SMILES string of the molecule is CCOc1ccc2nc(NC(=O)C3COCCN3)sc2c1.Cl. The molecule has 1 atom stereocenters. The molecular weight excluding hydrogens is 326 g/mol. The molecule has 8 heteroatoms. The zero-order valence-corrected chi connectivity index (χ0v) is 13.8. The van der Waals surface area contributed by atoms with Crippen LogP contribution in [0.2, 0.25) is 0 Å². The normalized spacial score (nSPS) is 17.8. The van der Waals surface area contributed by atoms with Crippen LogP contribution < -0.4 is 15.4 Å². The molecule has 22 heavy (non-hydrogen) atoms. The molecule has 1 aliphatic rings. The highest BCUT2D eigenvalue weighted by Crippen LogP contribution is 2.29. The fourth-order valence-electron chi connectivity index (χ4n) is 2.14. The van der Waals surface area contributed by atoms with E-state index in [1.165, 1.54) is 11.3 Å². The number of benzene rings is 1. The lowest BCUT2D eigenvalue weighted by molar-refractivity contribution is -0.120. The highest BCUT2D eigenvalue weighted by Gasteiger charge is 2.22. The summed E-state index contributed by atoms with van der Waals surface area (Å²) in [6.45, 7) is 4.30. The van der Waals surface area contributed by atoms with Crippen LogP contribution in [0.15, 0.2) is 18.2 Å². The Hall–Kier alpha value is -1.41. The van der Waals surface area contributed by atoms with Gasteiger partial charge in [-0.15, -0.1) is 12.4 Å². The highest BCUT2D eigenvalue weighted by molar-refractivity contribution is 7.22. The number of aromatic nitrogens is 1. The standard InChI is InChI=1S/C14H17N3O3S.ClH/c1-2-20-9-3-4-10-12(7-9)21-14(16-10)17-13(18)11-8-19-6-5-15-11;/h3-4,7,11,15H,2,5-6,8H2,1H3,(H,16,17,18);1H. The minimum absolute atomic E-state index is 0. The number of rotatable bonds is 4. The second kappa shape index (κ2) is 7.73. The van der Waals surface area contributed by atoms with E-state index in [2.05, 4.69) is 15.6 Å². The van der Waals surface area contributed by atoms with Gasteiger partial charge >= 0.3 is 0 Å². The number of amides is 1. The smallest absolute Gasteiger partial charge is 0.245 e. The number of hydrogen-bond donors (Lipinski definition) is 2. The zero-order valence-electron chi connectivity index (χ0n) is 12.1. The molecule has 3 rings (SSSR count). The van der Waals surface area contributed by atoms with Gasteiger partial charge in [-0.1, -0.05) is 11.3 Å². The summed E-state index contributed by atoms with van der Waals surface area (Å²) in [6.07, 6.45) is 0. The van der Waals surface area contributed by atoms with Crippen molar-refractivity contribution in [2.24, 2.45) is 0 Å². The molecule has 0 bridgehead atoms. The molecule has 1 aromatic heterocycles. The number of fused-ring (bicyclic) bond motifs is 1. The lowest BCUT2D eigenvalue weighted by Gasteiger charge is -2.22. The van der Waals surface area contributed by atoms with Gasteiger partial charge in [0.1, 0.15) is 11.8 Å². The van der Waals surface area contributed by atoms with E-state index in [1.807, 2.05) is 25.1 Å². The maximum absolute atomic E-state index is 12.1. The molecule has 0 radical (unpaired) electrons. The lowest BCUT2D eigenvalue weighted by atomic mass is 10.2. The van der Waals surface area contributed by atoms with Crippen molar-refractivity contribution < 1.29 is 14.3 Å². The van der Waals surface area contributed by atoms with Crippen molar-refractivity contribution in [3.63, 3.8) is 0 Å². The van der Waals surface area contributed by atoms with Gasteiger partial charge in [0.15, 0.2) is 5.13 Å². The summed E-state index contributed by atoms with van der Waals surface area (Å²) in [7, 11) is 0. The second-order valence-electron chi connectivity index (χ2n) is 4.65. The quantitative estimate of drug-likeness (QED) is 0.889. The van der Waals surface area contributed by atoms with E-state index in [4.69, 9.17) is 9.47 Å². The summed E-state index contributed by atoms with van der Waals surface area (Å²) in [6, 6.07) is 5.40. The van der Waals surface area contributed by atoms with Crippen molar-refractivity contribution in [3.8, 4) is 5.75 Å².